The van der Waals surface area contributed by atoms with Crippen molar-refractivity contribution in [3.05, 3.63) is 0 Å². The fraction of sp³-hybridized carbons (Fsp3) is 0.900. The lowest BCUT2D eigenvalue weighted by molar-refractivity contribution is -0.143. The third kappa shape index (κ3) is 18.9. The van der Waals surface area contributed by atoms with Crippen molar-refractivity contribution in [2.24, 2.45) is 0 Å². The second-order valence-corrected chi connectivity index (χ2v) is 6.76. The van der Waals surface area contributed by atoms with Crippen LogP contribution in [0.15, 0.2) is 0 Å². The lowest BCUT2D eigenvalue weighted by Gasteiger charge is -2.08. The van der Waals surface area contributed by atoms with Gasteiger partial charge in [-0.25, -0.2) is 0 Å². The van der Waals surface area contributed by atoms with Gasteiger partial charge in [0.05, 0.1) is 6.54 Å². The predicted octanol–water partition coefficient (Wildman–Crippen LogP) is 4.75. The van der Waals surface area contributed by atoms with Crippen molar-refractivity contribution in [1.82, 2.24) is 10.6 Å². The van der Waals surface area contributed by atoms with E-state index in [0.29, 0.717) is 19.6 Å². The molecule has 5 heteroatoms. The van der Waals surface area contributed by atoms with Gasteiger partial charge in [0.2, 0.25) is 0 Å². The summed E-state index contributed by atoms with van der Waals surface area (Å²) in [5.74, 6) is 0.119. The largest absolute Gasteiger partial charge is 0.464 e. The van der Waals surface area contributed by atoms with Crippen LogP contribution in [0.3, 0.4) is 0 Å². The Labute approximate surface area is 155 Å². The lowest BCUT2D eigenvalue weighted by atomic mass is 10.0. The summed E-state index contributed by atoms with van der Waals surface area (Å²) in [6, 6.07) is 0. The van der Waals surface area contributed by atoms with Gasteiger partial charge in [-0.15, -0.1) is 0 Å². The molecule has 0 radical (unpaired) electrons. The van der Waals surface area contributed by atoms with Crippen LogP contribution in [0.2, 0.25) is 0 Å². The molecule has 0 amide bonds. The summed E-state index contributed by atoms with van der Waals surface area (Å²) in [5, 5.41) is 12.8. The molecular formula is C20H41N3O2. The molecule has 0 heterocycles. The van der Waals surface area contributed by atoms with Gasteiger partial charge in [0.25, 0.3) is 0 Å². The molecule has 0 unspecified atom stereocenters. The van der Waals surface area contributed by atoms with Crippen LogP contribution in [0.4, 0.5) is 0 Å². The number of rotatable bonds is 17. The molecule has 25 heavy (non-hydrogen) atoms. The first-order valence-electron chi connectivity index (χ1n) is 10.4. The Morgan fingerprint density at radius 1 is 0.840 bits per heavy atom. The standard InChI is InChI=1S/C20H41N3O2/c1-3-4-5-6-7-8-9-10-11-12-13-14-15-16-19(24)25-18-17-23-20(21)22-2/h3-18H2,1-2H3,(H3,21,22,23). The first-order chi connectivity index (χ1) is 12.2. The van der Waals surface area contributed by atoms with Crippen molar-refractivity contribution in [2.75, 3.05) is 20.2 Å². The van der Waals surface area contributed by atoms with Crippen LogP contribution in [0.25, 0.3) is 0 Å². The van der Waals surface area contributed by atoms with E-state index in [4.69, 9.17) is 10.1 Å². The minimum Gasteiger partial charge on any atom is -0.464 e. The maximum absolute atomic E-state index is 11.5. The second-order valence-electron chi connectivity index (χ2n) is 6.76. The molecule has 0 aromatic heterocycles. The van der Waals surface area contributed by atoms with Gasteiger partial charge in [0.1, 0.15) is 6.61 Å². The second kappa shape index (κ2) is 19.1. The van der Waals surface area contributed by atoms with Crippen LogP contribution in [0.5, 0.6) is 0 Å². The normalized spacial score (nSPS) is 10.5. The van der Waals surface area contributed by atoms with E-state index in [-0.39, 0.29) is 11.9 Å². The zero-order valence-electron chi connectivity index (χ0n) is 16.6. The number of carbonyl (C=O) groups excluding carboxylic acids is 1. The molecule has 0 saturated heterocycles. The number of esters is 1. The zero-order chi connectivity index (χ0) is 18.6. The van der Waals surface area contributed by atoms with Gasteiger partial charge in [-0.1, -0.05) is 84.0 Å². The molecule has 0 bridgehead atoms. The van der Waals surface area contributed by atoms with Crippen LogP contribution in [-0.2, 0) is 9.53 Å². The molecule has 0 spiro atoms. The van der Waals surface area contributed by atoms with Crippen molar-refractivity contribution in [3.8, 4) is 0 Å². The van der Waals surface area contributed by atoms with E-state index in [0.717, 1.165) is 12.8 Å². The maximum Gasteiger partial charge on any atom is 0.305 e. The van der Waals surface area contributed by atoms with Crippen LogP contribution >= 0.6 is 0 Å². The van der Waals surface area contributed by atoms with Crippen LogP contribution < -0.4 is 10.6 Å². The summed E-state index contributed by atoms with van der Waals surface area (Å²) < 4.78 is 5.12. The average Bonchev–Trinajstić information content (AvgIpc) is 2.62. The lowest BCUT2D eigenvalue weighted by Crippen LogP contribution is -2.35. The first kappa shape index (κ1) is 23.7. The predicted molar refractivity (Wildman–Crippen MR) is 106 cm³/mol. The van der Waals surface area contributed by atoms with Gasteiger partial charge in [-0.05, 0) is 6.42 Å². The third-order valence-electron chi connectivity index (χ3n) is 4.40. The van der Waals surface area contributed by atoms with Crippen molar-refractivity contribution in [3.63, 3.8) is 0 Å². The van der Waals surface area contributed by atoms with Crippen molar-refractivity contribution in [1.29, 1.82) is 5.41 Å². The molecule has 0 aliphatic heterocycles. The maximum atomic E-state index is 11.5. The van der Waals surface area contributed by atoms with Crippen LogP contribution in [0, 0.1) is 5.41 Å². The number of nitrogens with one attached hydrogen (secondary N) is 3. The fourth-order valence-electron chi connectivity index (χ4n) is 2.79. The summed E-state index contributed by atoms with van der Waals surface area (Å²) in [4.78, 5) is 11.5. The van der Waals surface area contributed by atoms with Gasteiger partial charge in [-0.2, -0.15) is 0 Å². The summed E-state index contributed by atoms with van der Waals surface area (Å²) in [5.41, 5.74) is 0. The van der Waals surface area contributed by atoms with E-state index in [1.54, 1.807) is 7.05 Å². The van der Waals surface area contributed by atoms with E-state index < -0.39 is 0 Å². The highest BCUT2D eigenvalue weighted by atomic mass is 16.5. The number of unbranched alkanes of at least 4 members (excludes halogenated alkanes) is 12. The first-order valence-corrected chi connectivity index (χ1v) is 10.4. The van der Waals surface area contributed by atoms with Gasteiger partial charge in [-0.3, -0.25) is 10.2 Å². The topological polar surface area (TPSA) is 74.2 Å². The highest BCUT2D eigenvalue weighted by molar-refractivity contribution is 5.76. The fourth-order valence-corrected chi connectivity index (χ4v) is 2.79. The summed E-state index contributed by atoms with van der Waals surface area (Å²) in [6.45, 7) is 3.06. The van der Waals surface area contributed by atoms with Gasteiger partial charge in [0, 0.05) is 13.5 Å². The monoisotopic (exact) mass is 355 g/mol. The third-order valence-corrected chi connectivity index (χ3v) is 4.40. The molecule has 0 fully saturated rings. The molecule has 3 N–H and O–H groups in total. The highest BCUT2D eigenvalue weighted by Crippen LogP contribution is 2.13. The number of guanidine groups is 1. The number of hydrogen-bond acceptors (Lipinski definition) is 3. The summed E-state index contributed by atoms with van der Waals surface area (Å²) >= 11 is 0. The smallest absolute Gasteiger partial charge is 0.305 e. The number of hydrogen-bond donors (Lipinski definition) is 3. The van der Waals surface area contributed by atoms with Crippen molar-refractivity contribution >= 4 is 11.9 Å². The van der Waals surface area contributed by atoms with Gasteiger partial charge in [0.15, 0.2) is 5.96 Å². The summed E-state index contributed by atoms with van der Waals surface area (Å²) in [6.07, 6.45) is 17.5. The van der Waals surface area contributed by atoms with Crippen molar-refractivity contribution in [2.45, 2.75) is 96.8 Å². The molecule has 0 aliphatic rings. The van der Waals surface area contributed by atoms with Gasteiger partial charge < -0.3 is 15.4 Å². The van der Waals surface area contributed by atoms with Gasteiger partial charge >= 0.3 is 5.97 Å². The Morgan fingerprint density at radius 2 is 1.32 bits per heavy atom. The van der Waals surface area contributed by atoms with Crippen LogP contribution in [-0.4, -0.2) is 32.1 Å². The molecule has 0 rings (SSSR count). The molecule has 0 saturated carbocycles. The Bertz CT molecular complexity index is 322. The molecule has 5 nitrogen and oxygen atoms in total. The molecular weight excluding hydrogens is 314 g/mol. The molecule has 0 aromatic carbocycles. The van der Waals surface area contributed by atoms with E-state index in [9.17, 15) is 4.79 Å². The highest BCUT2D eigenvalue weighted by Gasteiger charge is 2.02. The Hall–Kier alpha value is -1.26. The Balaban J connectivity index is 3.17. The molecule has 0 aromatic rings. The number of ether oxygens (including phenoxy) is 1. The average molecular weight is 356 g/mol. The summed E-state index contributed by atoms with van der Waals surface area (Å²) in [7, 11) is 1.68. The zero-order valence-corrected chi connectivity index (χ0v) is 16.6. The quantitative estimate of drug-likeness (QED) is 0.152. The van der Waals surface area contributed by atoms with E-state index in [1.165, 1.54) is 70.6 Å². The minimum absolute atomic E-state index is 0.124. The van der Waals surface area contributed by atoms with E-state index in [2.05, 4.69) is 17.6 Å². The molecule has 0 atom stereocenters. The minimum atomic E-state index is -0.124. The number of carbonyl (C=O) groups is 1. The van der Waals surface area contributed by atoms with E-state index in [1.807, 2.05) is 0 Å². The molecule has 0 aliphatic carbocycles. The Morgan fingerprint density at radius 3 is 1.80 bits per heavy atom. The van der Waals surface area contributed by atoms with E-state index >= 15 is 0 Å². The molecule has 148 valence electrons. The van der Waals surface area contributed by atoms with Crippen molar-refractivity contribution < 1.29 is 9.53 Å². The Kier molecular flexibility index (Phi) is 18.1. The SMILES string of the molecule is CCCCCCCCCCCCCCCC(=O)OCCNC(=N)NC. The van der Waals surface area contributed by atoms with Crippen LogP contribution in [0.1, 0.15) is 96.8 Å².